The van der Waals surface area contributed by atoms with Gasteiger partial charge < -0.3 is 19.8 Å². The summed E-state index contributed by atoms with van der Waals surface area (Å²) in [5.74, 6) is -1.70. The first-order chi connectivity index (χ1) is 13.1. The Labute approximate surface area is 170 Å². The van der Waals surface area contributed by atoms with Gasteiger partial charge in [0.2, 0.25) is 0 Å². The predicted molar refractivity (Wildman–Crippen MR) is 112 cm³/mol. The number of rotatable bonds is 18. The topological polar surface area (TPSA) is 94.8 Å². The molecule has 0 rings (SSSR count). The molecule has 1 unspecified atom stereocenters. The maximum Gasteiger partial charge on any atom is 0.307 e. The van der Waals surface area contributed by atoms with E-state index >= 15 is 0 Å². The fourth-order valence-corrected chi connectivity index (χ4v) is 3.39. The molecule has 0 aliphatic carbocycles. The van der Waals surface area contributed by atoms with E-state index in [-0.39, 0.29) is 6.54 Å². The molecule has 0 fully saturated rings. The van der Waals surface area contributed by atoms with Crippen molar-refractivity contribution in [3.63, 3.8) is 0 Å². The minimum Gasteiger partial charge on any atom is -0.481 e. The molecule has 0 aliphatic rings. The number of carboxylic acids is 1. The van der Waals surface area contributed by atoms with Gasteiger partial charge >= 0.3 is 5.97 Å². The second kappa shape index (κ2) is 14.7. The smallest absolute Gasteiger partial charge is 0.307 e. The van der Waals surface area contributed by atoms with Gasteiger partial charge in [-0.05, 0) is 25.3 Å². The number of ketones is 1. The third kappa shape index (κ3) is 14.8. The van der Waals surface area contributed by atoms with Crippen LogP contribution in [0.4, 0.5) is 0 Å². The monoisotopic (exact) mass is 400 g/mol. The van der Waals surface area contributed by atoms with Gasteiger partial charge in [0, 0.05) is 6.61 Å². The summed E-state index contributed by atoms with van der Waals surface area (Å²) in [5, 5.41) is 28.3. The van der Waals surface area contributed by atoms with Crippen LogP contribution in [0.15, 0.2) is 12.2 Å². The normalized spacial score (nSPS) is 14.3. The highest BCUT2D eigenvalue weighted by Gasteiger charge is 2.41. The Balaban J connectivity index is 4.00. The summed E-state index contributed by atoms with van der Waals surface area (Å²) in [6, 6.07) is 0. The number of carboxylic acid groups (broad SMARTS) is 1. The Hall–Kier alpha value is -1.24. The van der Waals surface area contributed by atoms with Crippen molar-refractivity contribution in [2.45, 2.75) is 82.7 Å². The minimum atomic E-state index is -1.86. The third-order valence-electron chi connectivity index (χ3n) is 4.69. The average Bonchev–Trinajstić information content (AvgIpc) is 2.56. The summed E-state index contributed by atoms with van der Waals surface area (Å²) in [7, 11) is 5.46. The number of quaternary nitrogens is 1. The van der Waals surface area contributed by atoms with Gasteiger partial charge in [0.05, 0.1) is 27.6 Å². The molecule has 28 heavy (non-hydrogen) atoms. The van der Waals surface area contributed by atoms with Crippen molar-refractivity contribution < 1.29 is 29.4 Å². The molecule has 0 bridgehead atoms. The molecular formula is C22H42NO5+. The van der Waals surface area contributed by atoms with Gasteiger partial charge in [-0.25, -0.2) is 0 Å². The molecule has 0 heterocycles. The van der Waals surface area contributed by atoms with E-state index < -0.39 is 23.8 Å². The van der Waals surface area contributed by atoms with Gasteiger partial charge in [-0.2, -0.15) is 0 Å². The molecule has 0 spiro atoms. The van der Waals surface area contributed by atoms with Crippen LogP contribution >= 0.6 is 0 Å². The molecule has 0 saturated carbocycles. The molecule has 0 amide bonds. The van der Waals surface area contributed by atoms with Gasteiger partial charge in [-0.1, -0.05) is 57.4 Å². The first-order valence-corrected chi connectivity index (χ1v) is 10.7. The number of aliphatic hydroxyl groups is 2. The van der Waals surface area contributed by atoms with Crippen molar-refractivity contribution in [3.05, 3.63) is 12.2 Å². The standard InChI is InChI=1S/C22H41NO5/c1-23(2,3)19-22(28,18-21(26)27)20(25)16-14-12-10-8-6-4-5-7-9-11-13-15-17-24/h14,16,24,28H,4-13,15,17-19H2,1-3H3/p+1. The number of nitrogens with zero attached hydrogens (tertiary/aromatic N) is 1. The zero-order valence-corrected chi connectivity index (χ0v) is 18.2. The fraction of sp³-hybridized carbons (Fsp3) is 0.818. The quantitative estimate of drug-likeness (QED) is 0.186. The van der Waals surface area contributed by atoms with Crippen molar-refractivity contribution >= 4 is 11.8 Å². The number of hydrogen-bond acceptors (Lipinski definition) is 4. The maximum absolute atomic E-state index is 12.4. The van der Waals surface area contributed by atoms with Crippen LogP contribution in [-0.2, 0) is 9.59 Å². The summed E-state index contributed by atoms with van der Waals surface area (Å²) in [4.78, 5) is 23.4. The maximum atomic E-state index is 12.4. The number of aliphatic carboxylic acids is 1. The highest BCUT2D eigenvalue weighted by molar-refractivity contribution is 5.99. The van der Waals surface area contributed by atoms with Crippen LogP contribution in [0.1, 0.15) is 77.0 Å². The lowest BCUT2D eigenvalue weighted by Crippen LogP contribution is -2.54. The van der Waals surface area contributed by atoms with Crippen LogP contribution in [0.2, 0.25) is 0 Å². The molecule has 0 aliphatic heterocycles. The largest absolute Gasteiger partial charge is 0.481 e. The molecule has 6 heteroatoms. The minimum absolute atomic E-state index is 0.0580. The summed E-state index contributed by atoms with van der Waals surface area (Å²) in [6.45, 7) is 0.358. The lowest BCUT2D eigenvalue weighted by Gasteiger charge is -2.33. The van der Waals surface area contributed by atoms with Gasteiger partial charge in [0.15, 0.2) is 11.4 Å². The van der Waals surface area contributed by atoms with Crippen LogP contribution in [0, 0.1) is 0 Å². The fourth-order valence-electron chi connectivity index (χ4n) is 3.39. The highest BCUT2D eigenvalue weighted by Crippen LogP contribution is 2.17. The summed E-state index contributed by atoms with van der Waals surface area (Å²) < 4.78 is 0.310. The Morgan fingerprint density at radius 3 is 1.75 bits per heavy atom. The first-order valence-electron chi connectivity index (χ1n) is 10.7. The molecule has 6 nitrogen and oxygen atoms in total. The van der Waals surface area contributed by atoms with E-state index in [1.807, 2.05) is 21.1 Å². The van der Waals surface area contributed by atoms with Crippen molar-refractivity contribution in [1.82, 2.24) is 0 Å². The number of hydrogen-bond donors (Lipinski definition) is 3. The van der Waals surface area contributed by atoms with Crippen LogP contribution in [0.3, 0.4) is 0 Å². The Morgan fingerprint density at radius 2 is 1.32 bits per heavy atom. The van der Waals surface area contributed by atoms with Crippen molar-refractivity contribution in [1.29, 1.82) is 0 Å². The van der Waals surface area contributed by atoms with Crippen LogP contribution in [-0.4, -0.2) is 71.5 Å². The number of likely N-dealkylation sites (N-methyl/N-ethyl adjacent to an activating group) is 1. The summed E-state index contributed by atoms with van der Waals surface area (Å²) >= 11 is 0. The van der Waals surface area contributed by atoms with E-state index in [0.29, 0.717) is 11.1 Å². The Kier molecular flexibility index (Phi) is 14.1. The Morgan fingerprint density at radius 1 is 0.857 bits per heavy atom. The van der Waals surface area contributed by atoms with E-state index in [1.54, 1.807) is 6.08 Å². The van der Waals surface area contributed by atoms with Gasteiger partial charge in [0.1, 0.15) is 6.54 Å². The summed E-state index contributed by atoms with van der Waals surface area (Å²) in [5.41, 5.74) is -1.86. The molecule has 3 N–H and O–H groups in total. The molecule has 164 valence electrons. The molecule has 0 aromatic heterocycles. The lowest BCUT2D eigenvalue weighted by molar-refractivity contribution is -0.875. The predicted octanol–water partition coefficient (Wildman–Crippen LogP) is 3.31. The van der Waals surface area contributed by atoms with E-state index in [2.05, 4.69) is 0 Å². The van der Waals surface area contributed by atoms with Crippen LogP contribution in [0.5, 0.6) is 0 Å². The second-order valence-corrected chi connectivity index (χ2v) is 8.86. The molecule has 0 radical (unpaired) electrons. The van der Waals surface area contributed by atoms with E-state index in [9.17, 15) is 14.7 Å². The van der Waals surface area contributed by atoms with Crippen LogP contribution < -0.4 is 0 Å². The average molecular weight is 401 g/mol. The molecular weight excluding hydrogens is 358 g/mol. The van der Waals surface area contributed by atoms with Gasteiger partial charge in [-0.3, -0.25) is 9.59 Å². The molecule has 0 aromatic rings. The van der Waals surface area contributed by atoms with Crippen LogP contribution in [0.25, 0.3) is 0 Å². The van der Waals surface area contributed by atoms with Gasteiger partial charge in [-0.15, -0.1) is 0 Å². The number of carbonyl (C=O) groups is 2. The number of aliphatic hydroxyl groups excluding tert-OH is 1. The van der Waals surface area contributed by atoms with E-state index in [1.165, 1.54) is 44.6 Å². The third-order valence-corrected chi connectivity index (χ3v) is 4.69. The van der Waals surface area contributed by atoms with Crippen molar-refractivity contribution in [2.75, 3.05) is 34.3 Å². The Bertz CT molecular complexity index is 470. The zero-order valence-electron chi connectivity index (χ0n) is 18.2. The molecule has 0 aromatic carbocycles. The summed E-state index contributed by atoms with van der Waals surface area (Å²) in [6.07, 6.45) is 14.8. The molecule has 0 saturated heterocycles. The second-order valence-electron chi connectivity index (χ2n) is 8.86. The van der Waals surface area contributed by atoms with Gasteiger partial charge in [0.25, 0.3) is 0 Å². The van der Waals surface area contributed by atoms with E-state index in [4.69, 9.17) is 10.2 Å². The zero-order chi connectivity index (χ0) is 21.5. The number of unbranched alkanes of at least 4 members (excludes halogenated alkanes) is 10. The number of allylic oxidation sites excluding steroid dienone is 1. The number of carbonyl (C=O) groups excluding carboxylic acids is 1. The lowest BCUT2D eigenvalue weighted by atomic mass is 9.92. The van der Waals surface area contributed by atoms with Crippen molar-refractivity contribution in [3.8, 4) is 0 Å². The highest BCUT2D eigenvalue weighted by atomic mass is 16.4. The molecule has 1 atom stereocenters. The van der Waals surface area contributed by atoms with Crippen molar-refractivity contribution in [2.24, 2.45) is 0 Å². The first kappa shape index (κ1) is 26.8. The SMILES string of the molecule is C[N+](C)(C)CC(O)(CC(=O)O)C(=O)C=CCCCCCCCCCCCCO. The van der Waals surface area contributed by atoms with E-state index in [0.717, 1.165) is 32.1 Å².